The molecule has 14 nitrogen and oxygen atoms in total. The molecule has 0 unspecified atom stereocenters. The molecule has 0 radical (unpaired) electrons. The highest BCUT2D eigenvalue weighted by atomic mass is 16.6. The van der Waals surface area contributed by atoms with Crippen LogP contribution in [0.4, 0.5) is 0 Å². The van der Waals surface area contributed by atoms with E-state index in [1.54, 1.807) is 14.2 Å². The van der Waals surface area contributed by atoms with Crippen LogP contribution in [0.25, 0.3) is 0 Å². The van der Waals surface area contributed by atoms with Gasteiger partial charge in [-0.05, 0) is 18.6 Å². The van der Waals surface area contributed by atoms with Gasteiger partial charge in [0.05, 0.1) is 105 Å². The van der Waals surface area contributed by atoms with Crippen molar-refractivity contribution >= 4 is 5.97 Å². The molecule has 0 spiro atoms. The number of hydrogen-bond acceptors (Lipinski definition) is 13. The van der Waals surface area contributed by atoms with Crippen molar-refractivity contribution in [3.63, 3.8) is 0 Å². The fourth-order valence-corrected chi connectivity index (χ4v) is 3.40. The first kappa shape index (κ1) is 40.8. The van der Waals surface area contributed by atoms with Crippen molar-refractivity contribution in [1.82, 2.24) is 0 Å². The third-order valence-corrected chi connectivity index (χ3v) is 5.71. The van der Waals surface area contributed by atoms with Gasteiger partial charge in [0.25, 0.3) is 0 Å². The van der Waals surface area contributed by atoms with Gasteiger partial charge in [-0.15, -0.1) is 0 Å². The van der Waals surface area contributed by atoms with Crippen molar-refractivity contribution in [2.45, 2.75) is 19.8 Å². The Kier molecular flexibility index (Phi) is 27.5. The van der Waals surface area contributed by atoms with Gasteiger partial charge in [0.2, 0.25) is 5.75 Å². The number of carboxylic acid groups (broad SMARTS) is 1. The van der Waals surface area contributed by atoms with E-state index in [9.17, 15) is 9.90 Å². The second-order valence-electron chi connectivity index (χ2n) is 9.28. The molecular formula is C31H54O14. The zero-order valence-electron chi connectivity index (χ0n) is 27.3. The number of rotatable bonds is 34. The second kappa shape index (κ2) is 30.4. The lowest BCUT2D eigenvalue weighted by atomic mass is 10.2. The minimum atomic E-state index is -1.13. The molecule has 0 aliphatic rings. The molecule has 1 aromatic carbocycles. The fraction of sp³-hybridized carbons (Fsp3) is 0.774. The highest BCUT2D eigenvalue weighted by Gasteiger charge is 2.19. The summed E-state index contributed by atoms with van der Waals surface area (Å²) < 4.78 is 66.0. The number of ether oxygens (including phenoxy) is 12. The quantitative estimate of drug-likeness (QED) is 0.109. The standard InChI is InChI=1S/C31H54O14/c1-4-5-6-36-11-12-39-15-18-41-20-23-44-29-26-27(31(32)33)25-28(43-22-19-40-16-13-37-9-7-34-2)30(29)45-24-21-42-17-14-38-10-8-35-3/h25-26H,4-24H2,1-3H3,(H,32,33). The summed E-state index contributed by atoms with van der Waals surface area (Å²) in [7, 11) is 3.22. The van der Waals surface area contributed by atoms with Crippen LogP contribution in [0.1, 0.15) is 30.1 Å². The Labute approximate surface area is 267 Å². The Morgan fingerprint density at radius 2 is 0.844 bits per heavy atom. The van der Waals surface area contributed by atoms with Crippen LogP contribution in [0, 0.1) is 0 Å². The molecule has 0 saturated heterocycles. The number of carbonyl (C=O) groups is 1. The summed E-state index contributed by atoms with van der Waals surface area (Å²) in [5.41, 5.74) is -0.0141. The summed E-state index contributed by atoms with van der Waals surface area (Å²) >= 11 is 0. The summed E-state index contributed by atoms with van der Waals surface area (Å²) in [6, 6.07) is 2.78. The third kappa shape index (κ3) is 22.8. The van der Waals surface area contributed by atoms with Gasteiger partial charge in [-0.3, -0.25) is 0 Å². The van der Waals surface area contributed by atoms with E-state index in [1.165, 1.54) is 12.1 Å². The molecule has 45 heavy (non-hydrogen) atoms. The molecular weight excluding hydrogens is 596 g/mol. The molecule has 0 saturated carbocycles. The molecule has 0 bridgehead atoms. The largest absolute Gasteiger partial charge is 0.487 e. The maximum absolute atomic E-state index is 11.9. The summed E-state index contributed by atoms with van der Waals surface area (Å²) in [6.45, 7) is 9.61. The summed E-state index contributed by atoms with van der Waals surface area (Å²) in [6.07, 6.45) is 2.14. The topological polar surface area (TPSA) is 148 Å². The number of carboxylic acids is 1. The van der Waals surface area contributed by atoms with Gasteiger partial charge in [-0.2, -0.15) is 0 Å². The monoisotopic (exact) mass is 650 g/mol. The van der Waals surface area contributed by atoms with Crippen LogP contribution in [-0.4, -0.2) is 151 Å². The Balaban J connectivity index is 2.63. The van der Waals surface area contributed by atoms with Crippen molar-refractivity contribution in [3.05, 3.63) is 17.7 Å². The predicted molar refractivity (Wildman–Crippen MR) is 164 cm³/mol. The molecule has 1 N–H and O–H groups in total. The predicted octanol–water partition coefficient (Wildman–Crippen LogP) is 2.73. The molecule has 14 heteroatoms. The van der Waals surface area contributed by atoms with Gasteiger partial charge in [0, 0.05) is 20.8 Å². The Morgan fingerprint density at radius 1 is 0.511 bits per heavy atom. The average Bonchev–Trinajstić information content (AvgIpc) is 3.04. The molecule has 0 fully saturated rings. The van der Waals surface area contributed by atoms with Crippen LogP contribution in [0.5, 0.6) is 17.2 Å². The molecule has 1 rings (SSSR count). The van der Waals surface area contributed by atoms with Crippen LogP contribution in [0.2, 0.25) is 0 Å². The number of hydrogen-bond donors (Lipinski definition) is 1. The summed E-state index contributed by atoms with van der Waals surface area (Å²) in [4.78, 5) is 11.9. The zero-order chi connectivity index (χ0) is 32.6. The first-order valence-electron chi connectivity index (χ1n) is 15.5. The zero-order valence-corrected chi connectivity index (χ0v) is 27.3. The lowest BCUT2D eigenvalue weighted by Crippen LogP contribution is -2.16. The van der Waals surface area contributed by atoms with Gasteiger partial charge in [0.15, 0.2) is 11.5 Å². The Bertz CT molecular complexity index is 826. The summed E-state index contributed by atoms with van der Waals surface area (Å²) in [5, 5.41) is 9.69. The van der Waals surface area contributed by atoms with Crippen molar-refractivity contribution in [1.29, 1.82) is 0 Å². The minimum Gasteiger partial charge on any atom is -0.487 e. The molecule has 0 amide bonds. The van der Waals surface area contributed by atoms with E-state index >= 15 is 0 Å². The number of aromatic carboxylic acids is 1. The van der Waals surface area contributed by atoms with Crippen LogP contribution in [0.3, 0.4) is 0 Å². The molecule has 262 valence electrons. The first-order chi connectivity index (χ1) is 22.1. The Morgan fingerprint density at radius 3 is 1.20 bits per heavy atom. The first-order valence-corrected chi connectivity index (χ1v) is 15.5. The van der Waals surface area contributed by atoms with Crippen molar-refractivity contribution in [3.8, 4) is 17.2 Å². The highest BCUT2D eigenvalue weighted by Crippen LogP contribution is 2.39. The molecule has 0 aliphatic carbocycles. The van der Waals surface area contributed by atoms with E-state index in [-0.39, 0.29) is 62.5 Å². The molecule has 0 atom stereocenters. The number of unbranched alkanes of at least 4 members (excludes halogenated alkanes) is 1. The second-order valence-corrected chi connectivity index (χ2v) is 9.28. The van der Waals surface area contributed by atoms with Gasteiger partial charge in [-0.1, -0.05) is 13.3 Å². The maximum atomic E-state index is 11.9. The molecule has 0 aromatic heterocycles. The van der Waals surface area contributed by atoms with Crippen molar-refractivity contribution in [2.24, 2.45) is 0 Å². The Hall–Kier alpha value is -2.27. The van der Waals surface area contributed by atoms with E-state index in [2.05, 4.69) is 6.92 Å². The van der Waals surface area contributed by atoms with Crippen LogP contribution in [-0.2, 0) is 42.6 Å². The fourth-order valence-electron chi connectivity index (χ4n) is 3.40. The van der Waals surface area contributed by atoms with E-state index in [4.69, 9.17) is 56.8 Å². The SMILES string of the molecule is CCCCOCCOCCOCCOc1cc(C(=O)O)cc(OCCOCCOCCOC)c1OCCOCCOCCOC. The molecule has 0 aliphatic heterocycles. The lowest BCUT2D eigenvalue weighted by molar-refractivity contribution is 0.00839. The number of benzene rings is 1. The van der Waals surface area contributed by atoms with Gasteiger partial charge >= 0.3 is 5.97 Å². The van der Waals surface area contributed by atoms with E-state index in [0.717, 1.165) is 19.4 Å². The summed E-state index contributed by atoms with van der Waals surface area (Å²) in [5.74, 6) is -0.452. The normalized spacial score (nSPS) is 11.2. The van der Waals surface area contributed by atoms with E-state index < -0.39 is 5.97 Å². The third-order valence-electron chi connectivity index (χ3n) is 5.71. The van der Waals surface area contributed by atoms with Crippen LogP contribution < -0.4 is 14.2 Å². The van der Waals surface area contributed by atoms with Gasteiger partial charge in [0.1, 0.15) is 19.8 Å². The van der Waals surface area contributed by atoms with Crippen LogP contribution >= 0.6 is 0 Å². The lowest BCUT2D eigenvalue weighted by Gasteiger charge is -2.18. The highest BCUT2D eigenvalue weighted by molar-refractivity contribution is 5.89. The maximum Gasteiger partial charge on any atom is 0.335 e. The van der Waals surface area contributed by atoms with Crippen molar-refractivity contribution in [2.75, 3.05) is 140 Å². The molecule has 0 heterocycles. The molecule has 1 aromatic rings. The smallest absolute Gasteiger partial charge is 0.335 e. The van der Waals surface area contributed by atoms with Gasteiger partial charge in [-0.25, -0.2) is 4.79 Å². The van der Waals surface area contributed by atoms with Gasteiger partial charge < -0.3 is 61.9 Å². The van der Waals surface area contributed by atoms with E-state index in [0.29, 0.717) is 79.3 Å². The minimum absolute atomic E-state index is 0.0141. The van der Waals surface area contributed by atoms with Crippen LogP contribution in [0.15, 0.2) is 12.1 Å². The number of methoxy groups -OCH3 is 2. The van der Waals surface area contributed by atoms with E-state index in [1.807, 2.05) is 0 Å². The average molecular weight is 651 g/mol. The van der Waals surface area contributed by atoms with Crippen molar-refractivity contribution < 1.29 is 66.7 Å².